The zero-order chi connectivity index (χ0) is 22.0. The molecule has 31 heavy (non-hydrogen) atoms. The Morgan fingerprint density at radius 2 is 1.81 bits per heavy atom. The lowest BCUT2D eigenvalue weighted by Crippen LogP contribution is -2.19. The largest absolute Gasteiger partial charge is 0.497 e. The third-order valence-electron chi connectivity index (χ3n) is 6.03. The van der Waals surface area contributed by atoms with Crippen molar-refractivity contribution >= 4 is 11.6 Å². The number of hydrogen-bond acceptors (Lipinski definition) is 4. The fraction of sp³-hybridized carbons (Fsp3) is 0.360. The molecule has 1 saturated carbocycles. The Kier molecular flexibility index (Phi) is 5.83. The zero-order valence-corrected chi connectivity index (χ0v) is 18.7. The Balaban J connectivity index is 1.49. The smallest absolute Gasteiger partial charge is 0.274 e. The fourth-order valence-corrected chi connectivity index (χ4v) is 3.96. The van der Waals surface area contributed by atoms with Crippen molar-refractivity contribution < 1.29 is 9.53 Å². The summed E-state index contributed by atoms with van der Waals surface area (Å²) in [4.78, 5) is 15.3. The SMILES string of the molecule is COc1ccc(-n2nc(C)cc2C(=O)Nc2ccc(C3(CCN(C)C)CC3)cc2)cc1. The summed E-state index contributed by atoms with van der Waals surface area (Å²) in [5.74, 6) is 0.579. The number of carbonyl (C=O) groups is 1. The number of nitrogens with zero attached hydrogens (tertiary/aromatic N) is 3. The highest BCUT2D eigenvalue weighted by atomic mass is 16.5. The predicted molar refractivity (Wildman–Crippen MR) is 123 cm³/mol. The van der Waals surface area contributed by atoms with E-state index in [2.05, 4.69) is 41.5 Å². The van der Waals surface area contributed by atoms with Crippen LogP contribution in [-0.4, -0.2) is 48.3 Å². The molecule has 0 spiro atoms. The summed E-state index contributed by atoms with van der Waals surface area (Å²) in [5, 5.41) is 7.52. The van der Waals surface area contributed by atoms with Gasteiger partial charge < -0.3 is 15.0 Å². The van der Waals surface area contributed by atoms with Gasteiger partial charge in [-0.2, -0.15) is 5.10 Å². The van der Waals surface area contributed by atoms with Gasteiger partial charge in [0.25, 0.3) is 5.91 Å². The van der Waals surface area contributed by atoms with Gasteiger partial charge >= 0.3 is 0 Å². The van der Waals surface area contributed by atoms with Gasteiger partial charge in [0.05, 0.1) is 18.5 Å². The van der Waals surface area contributed by atoms with Crippen LogP contribution in [0.25, 0.3) is 5.69 Å². The Morgan fingerprint density at radius 3 is 2.39 bits per heavy atom. The molecule has 1 aliphatic rings. The summed E-state index contributed by atoms with van der Waals surface area (Å²) in [7, 11) is 5.87. The number of aromatic nitrogens is 2. The monoisotopic (exact) mass is 418 g/mol. The van der Waals surface area contributed by atoms with E-state index in [-0.39, 0.29) is 5.91 Å². The molecule has 3 aromatic rings. The van der Waals surface area contributed by atoms with Crippen LogP contribution in [0.3, 0.4) is 0 Å². The van der Waals surface area contributed by atoms with Gasteiger partial charge in [0.1, 0.15) is 11.4 Å². The third kappa shape index (κ3) is 4.64. The maximum absolute atomic E-state index is 13.0. The number of rotatable bonds is 8. The molecule has 1 aromatic heterocycles. The van der Waals surface area contributed by atoms with E-state index in [1.54, 1.807) is 17.9 Å². The van der Waals surface area contributed by atoms with Crippen LogP contribution >= 0.6 is 0 Å². The minimum absolute atomic E-state index is 0.182. The first kappa shape index (κ1) is 21.1. The lowest BCUT2D eigenvalue weighted by molar-refractivity contribution is 0.101. The second-order valence-corrected chi connectivity index (χ2v) is 8.65. The van der Waals surface area contributed by atoms with Gasteiger partial charge in [-0.1, -0.05) is 12.1 Å². The van der Waals surface area contributed by atoms with Crippen molar-refractivity contribution in [1.82, 2.24) is 14.7 Å². The minimum atomic E-state index is -0.182. The van der Waals surface area contributed by atoms with Gasteiger partial charge in [0.2, 0.25) is 0 Å². The molecule has 162 valence electrons. The van der Waals surface area contributed by atoms with Gasteiger partial charge in [0, 0.05) is 5.69 Å². The van der Waals surface area contributed by atoms with Gasteiger partial charge in [-0.25, -0.2) is 4.68 Å². The number of hydrogen-bond donors (Lipinski definition) is 1. The van der Waals surface area contributed by atoms with Crippen LogP contribution in [0.2, 0.25) is 0 Å². The summed E-state index contributed by atoms with van der Waals surface area (Å²) < 4.78 is 6.89. The van der Waals surface area contributed by atoms with Gasteiger partial charge in [-0.05, 0) is 100 Å². The molecule has 4 rings (SSSR count). The van der Waals surface area contributed by atoms with E-state index in [1.165, 1.54) is 24.8 Å². The highest BCUT2D eigenvalue weighted by Crippen LogP contribution is 2.51. The van der Waals surface area contributed by atoms with Gasteiger partial charge in [-0.3, -0.25) is 4.79 Å². The highest BCUT2D eigenvalue weighted by Gasteiger charge is 2.43. The third-order valence-corrected chi connectivity index (χ3v) is 6.03. The molecular formula is C25H30N4O2. The first-order valence-corrected chi connectivity index (χ1v) is 10.7. The molecule has 1 N–H and O–H groups in total. The van der Waals surface area contributed by atoms with E-state index in [9.17, 15) is 4.79 Å². The van der Waals surface area contributed by atoms with Crippen LogP contribution < -0.4 is 10.1 Å². The van der Waals surface area contributed by atoms with Crippen LogP contribution in [0.4, 0.5) is 5.69 Å². The van der Waals surface area contributed by atoms with E-state index < -0.39 is 0 Å². The van der Waals surface area contributed by atoms with Gasteiger partial charge in [-0.15, -0.1) is 0 Å². The van der Waals surface area contributed by atoms with E-state index in [0.717, 1.165) is 29.4 Å². The number of ether oxygens (including phenoxy) is 1. The molecule has 1 heterocycles. The summed E-state index contributed by atoms with van der Waals surface area (Å²) in [6, 6.07) is 17.6. The van der Waals surface area contributed by atoms with Crippen LogP contribution in [-0.2, 0) is 5.41 Å². The van der Waals surface area contributed by atoms with Crippen LogP contribution in [0.5, 0.6) is 5.75 Å². The first-order chi connectivity index (χ1) is 14.9. The normalized spacial score (nSPS) is 14.5. The Labute approximate surface area is 183 Å². The number of anilines is 1. The predicted octanol–water partition coefficient (Wildman–Crippen LogP) is 4.42. The Bertz CT molecular complexity index is 1050. The second-order valence-electron chi connectivity index (χ2n) is 8.65. The average Bonchev–Trinajstić information content (AvgIpc) is 3.47. The average molecular weight is 419 g/mol. The zero-order valence-electron chi connectivity index (χ0n) is 18.7. The fourth-order valence-electron chi connectivity index (χ4n) is 3.96. The van der Waals surface area contributed by atoms with Crippen molar-refractivity contribution in [3.05, 3.63) is 71.5 Å². The first-order valence-electron chi connectivity index (χ1n) is 10.7. The van der Waals surface area contributed by atoms with Crippen molar-refractivity contribution in [2.24, 2.45) is 0 Å². The maximum atomic E-state index is 13.0. The number of carbonyl (C=O) groups excluding carboxylic acids is 1. The van der Waals surface area contributed by atoms with E-state index in [1.807, 2.05) is 43.3 Å². The minimum Gasteiger partial charge on any atom is -0.497 e. The second kappa shape index (κ2) is 8.55. The van der Waals surface area contributed by atoms with E-state index in [0.29, 0.717) is 11.1 Å². The van der Waals surface area contributed by atoms with Gasteiger partial charge in [0.15, 0.2) is 0 Å². The lowest BCUT2D eigenvalue weighted by Gasteiger charge is -2.19. The van der Waals surface area contributed by atoms with E-state index in [4.69, 9.17) is 4.74 Å². The molecule has 0 atom stereocenters. The molecule has 0 aliphatic heterocycles. The highest BCUT2D eigenvalue weighted by molar-refractivity contribution is 6.03. The maximum Gasteiger partial charge on any atom is 0.274 e. The molecule has 6 heteroatoms. The molecule has 0 unspecified atom stereocenters. The quantitative estimate of drug-likeness (QED) is 0.588. The Morgan fingerprint density at radius 1 is 1.13 bits per heavy atom. The number of amides is 1. The van der Waals surface area contributed by atoms with Crippen LogP contribution in [0, 0.1) is 6.92 Å². The van der Waals surface area contributed by atoms with Crippen molar-refractivity contribution in [1.29, 1.82) is 0 Å². The number of benzene rings is 2. The number of nitrogens with one attached hydrogen (secondary N) is 1. The van der Waals surface area contributed by atoms with Crippen molar-refractivity contribution in [2.75, 3.05) is 33.1 Å². The molecule has 2 aromatic carbocycles. The van der Waals surface area contributed by atoms with Crippen molar-refractivity contribution in [2.45, 2.75) is 31.6 Å². The topological polar surface area (TPSA) is 59.4 Å². The summed E-state index contributed by atoms with van der Waals surface area (Å²) in [5.41, 5.74) is 4.57. The number of aryl methyl sites for hydroxylation is 1. The van der Waals surface area contributed by atoms with Crippen molar-refractivity contribution in [3.8, 4) is 11.4 Å². The molecule has 1 aliphatic carbocycles. The molecule has 0 saturated heterocycles. The van der Waals surface area contributed by atoms with Crippen molar-refractivity contribution in [3.63, 3.8) is 0 Å². The summed E-state index contributed by atoms with van der Waals surface area (Å²) >= 11 is 0. The summed E-state index contributed by atoms with van der Waals surface area (Å²) in [6.45, 7) is 2.97. The Hall–Kier alpha value is -3.12. The number of methoxy groups -OCH3 is 1. The standard InChI is InChI=1S/C25H30N4O2/c1-18-17-23(29(27-18)21-9-11-22(31-4)12-10-21)24(30)26-20-7-5-19(6-8-20)25(13-14-25)15-16-28(2)3/h5-12,17H,13-16H2,1-4H3,(H,26,30). The molecule has 1 amide bonds. The molecule has 0 bridgehead atoms. The summed E-state index contributed by atoms with van der Waals surface area (Å²) in [6.07, 6.45) is 3.66. The molecular weight excluding hydrogens is 388 g/mol. The lowest BCUT2D eigenvalue weighted by atomic mass is 9.92. The van der Waals surface area contributed by atoms with Crippen LogP contribution in [0.1, 0.15) is 41.0 Å². The van der Waals surface area contributed by atoms with E-state index >= 15 is 0 Å². The molecule has 1 fully saturated rings. The van der Waals surface area contributed by atoms with Crippen LogP contribution in [0.15, 0.2) is 54.6 Å². The molecule has 0 radical (unpaired) electrons. The molecule has 6 nitrogen and oxygen atoms in total.